The summed E-state index contributed by atoms with van der Waals surface area (Å²) >= 11 is 0. The first-order chi connectivity index (χ1) is 9.87. The Hall–Kier alpha value is -1.69. The molecule has 1 amide bonds. The summed E-state index contributed by atoms with van der Waals surface area (Å²) in [6.45, 7) is 6.81. The minimum Gasteiger partial charge on any atom is -0.347 e. The predicted octanol–water partition coefficient (Wildman–Crippen LogP) is 1.71. The van der Waals surface area contributed by atoms with Crippen LogP contribution in [-0.2, 0) is 0 Å². The fraction of sp³-hybridized carbons (Fsp3) is 0.667. The number of hydrazine groups is 1. The zero-order valence-corrected chi connectivity index (χ0v) is 12.8. The molecule has 2 aliphatic carbocycles. The fourth-order valence-electron chi connectivity index (χ4n) is 4.41. The quantitative estimate of drug-likeness (QED) is 0.582. The zero-order chi connectivity index (χ0) is 15.3. The minimum atomic E-state index is -0.175. The summed E-state index contributed by atoms with van der Waals surface area (Å²) in [5, 5.41) is 3.20. The number of anilines is 1. The third-order valence-corrected chi connectivity index (χ3v) is 5.56. The summed E-state index contributed by atoms with van der Waals surface area (Å²) in [5.41, 5.74) is 3.03. The van der Waals surface area contributed by atoms with Gasteiger partial charge >= 0.3 is 0 Å². The molecule has 3 atom stereocenters. The molecule has 6 nitrogen and oxygen atoms in total. The maximum atomic E-state index is 12.5. The summed E-state index contributed by atoms with van der Waals surface area (Å²) in [6, 6.07) is 0.174. The SMILES string of the molecule is CC12CCC(C1)C(C)(C)C2NC(=O)c1cncc(NN)n1. The van der Waals surface area contributed by atoms with Crippen LogP contribution in [0.3, 0.4) is 0 Å². The van der Waals surface area contributed by atoms with Crippen LogP contribution >= 0.6 is 0 Å². The highest BCUT2D eigenvalue weighted by Crippen LogP contribution is 2.62. The van der Waals surface area contributed by atoms with Crippen LogP contribution in [0.25, 0.3) is 0 Å². The highest BCUT2D eigenvalue weighted by atomic mass is 16.2. The Morgan fingerprint density at radius 1 is 1.38 bits per heavy atom. The van der Waals surface area contributed by atoms with Gasteiger partial charge in [-0.2, -0.15) is 0 Å². The molecule has 0 spiro atoms. The first-order valence-electron chi connectivity index (χ1n) is 7.46. The predicted molar refractivity (Wildman–Crippen MR) is 80.3 cm³/mol. The number of hydrogen-bond donors (Lipinski definition) is 3. The van der Waals surface area contributed by atoms with Crippen molar-refractivity contribution in [3.63, 3.8) is 0 Å². The monoisotopic (exact) mass is 289 g/mol. The number of nitrogens with zero attached hydrogens (tertiary/aromatic N) is 2. The van der Waals surface area contributed by atoms with Crippen LogP contribution in [0.5, 0.6) is 0 Å². The van der Waals surface area contributed by atoms with E-state index >= 15 is 0 Å². The highest BCUT2D eigenvalue weighted by molar-refractivity contribution is 5.92. The van der Waals surface area contributed by atoms with E-state index in [1.807, 2.05) is 0 Å². The molecule has 2 saturated carbocycles. The van der Waals surface area contributed by atoms with Gasteiger partial charge in [-0.25, -0.2) is 10.8 Å². The molecular formula is C15H23N5O. The average Bonchev–Trinajstić information content (AvgIpc) is 2.94. The molecule has 2 fully saturated rings. The molecule has 2 aliphatic rings. The lowest BCUT2D eigenvalue weighted by molar-refractivity contribution is 0.0733. The number of carbonyl (C=O) groups is 1. The number of fused-ring (bicyclic) bond motifs is 2. The molecule has 0 aromatic carbocycles. The topological polar surface area (TPSA) is 92.9 Å². The molecule has 0 aliphatic heterocycles. The van der Waals surface area contributed by atoms with Crippen LogP contribution in [0.15, 0.2) is 12.4 Å². The van der Waals surface area contributed by atoms with Gasteiger partial charge in [-0.3, -0.25) is 9.78 Å². The van der Waals surface area contributed by atoms with Crippen molar-refractivity contribution >= 4 is 11.7 Å². The van der Waals surface area contributed by atoms with E-state index in [-0.39, 0.29) is 22.8 Å². The van der Waals surface area contributed by atoms with Gasteiger partial charge in [0.1, 0.15) is 5.69 Å². The van der Waals surface area contributed by atoms with E-state index in [9.17, 15) is 4.79 Å². The molecule has 1 aromatic heterocycles. The number of nitrogen functional groups attached to an aromatic ring is 1. The largest absolute Gasteiger partial charge is 0.347 e. The third-order valence-electron chi connectivity index (χ3n) is 5.56. The van der Waals surface area contributed by atoms with Gasteiger partial charge in [0, 0.05) is 6.04 Å². The summed E-state index contributed by atoms with van der Waals surface area (Å²) in [5.74, 6) is 6.22. The molecule has 3 unspecified atom stereocenters. The van der Waals surface area contributed by atoms with Crippen molar-refractivity contribution in [1.29, 1.82) is 0 Å². The first kappa shape index (κ1) is 14.3. The van der Waals surface area contributed by atoms with Crippen molar-refractivity contribution in [2.75, 3.05) is 5.43 Å². The van der Waals surface area contributed by atoms with Crippen LogP contribution in [0.2, 0.25) is 0 Å². The van der Waals surface area contributed by atoms with Crippen LogP contribution in [0, 0.1) is 16.7 Å². The summed E-state index contributed by atoms with van der Waals surface area (Å²) < 4.78 is 0. The maximum absolute atomic E-state index is 12.5. The van der Waals surface area contributed by atoms with Gasteiger partial charge in [0.15, 0.2) is 5.82 Å². The smallest absolute Gasteiger partial charge is 0.271 e. The molecule has 0 saturated heterocycles. The lowest BCUT2D eigenvalue weighted by Crippen LogP contribution is -2.52. The average molecular weight is 289 g/mol. The Bertz CT molecular complexity index is 568. The van der Waals surface area contributed by atoms with Crippen LogP contribution in [0.1, 0.15) is 50.5 Å². The Labute approximate surface area is 124 Å². The molecular weight excluding hydrogens is 266 g/mol. The van der Waals surface area contributed by atoms with Gasteiger partial charge in [0.25, 0.3) is 5.91 Å². The van der Waals surface area contributed by atoms with E-state index in [1.165, 1.54) is 31.7 Å². The zero-order valence-electron chi connectivity index (χ0n) is 12.8. The van der Waals surface area contributed by atoms with Crippen molar-refractivity contribution in [2.24, 2.45) is 22.6 Å². The van der Waals surface area contributed by atoms with Crippen LogP contribution in [0.4, 0.5) is 5.82 Å². The van der Waals surface area contributed by atoms with Crippen LogP contribution in [-0.4, -0.2) is 21.9 Å². The number of rotatable bonds is 3. The van der Waals surface area contributed by atoms with E-state index in [1.54, 1.807) is 0 Å². The van der Waals surface area contributed by atoms with E-state index < -0.39 is 0 Å². The molecule has 4 N–H and O–H groups in total. The molecule has 114 valence electrons. The van der Waals surface area contributed by atoms with E-state index in [4.69, 9.17) is 5.84 Å². The number of amides is 1. The maximum Gasteiger partial charge on any atom is 0.271 e. The second-order valence-electron chi connectivity index (χ2n) is 7.26. The Kier molecular flexibility index (Phi) is 3.16. The summed E-state index contributed by atoms with van der Waals surface area (Å²) in [4.78, 5) is 20.6. The van der Waals surface area contributed by atoms with Crippen molar-refractivity contribution in [3.8, 4) is 0 Å². The molecule has 1 aromatic rings. The summed E-state index contributed by atoms with van der Waals surface area (Å²) in [6.07, 6.45) is 6.60. The number of nitrogens with one attached hydrogen (secondary N) is 2. The molecule has 2 bridgehead atoms. The van der Waals surface area contributed by atoms with E-state index in [0.29, 0.717) is 17.4 Å². The highest BCUT2D eigenvalue weighted by Gasteiger charge is 2.59. The van der Waals surface area contributed by atoms with Crippen molar-refractivity contribution < 1.29 is 4.79 Å². The second-order valence-corrected chi connectivity index (χ2v) is 7.26. The van der Waals surface area contributed by atoms with Gasteiger partial charge < -0.3 is 10.7 Å². The molecule has 0 radical (unpaired) electrons. The van der Waals surface area contributed by atoms with Crippen molar-refractivity contribution in [3.05, 3.63) is 18.1 Å². The lowest BCUT2D eigenvalue weighted by Gasteiger charge is -2.43. The van der Waals surface area contributed by atoms with Crippen molar-refractivity contribution in [1.82, 2.24) is 15.3 Å². The first-order valence-corrected chi connectivity index (χ1v) is 7.46. The van der Waals surface area contributed by atoms with Crippen LogP contribution < -0.4 is 16.6 Å². The third kappa shape index (κ3) is 2.18. The molecule has 3 rings (SSSR count). The van der Waals surface area contributed by atoms with Gasteiger partial charge in [0.2, 0.25) is 0 Å². The fourth-order valence-corrected chi connectivity index (χ4v) is 4.41. The van der Waals surface area contributed by atoms with Gasteiger partial charge in [-0.15, -0.1) is 0 Å². The Balaban J connectivity index is 1.81. The molecule has 21 heavy (non-hydrogen) atoms. The molecule has 1 heterocycles. The number of aromatic nitrogens is 2. The second kappa shape index (κ2) is 4.66. The number of carbonyl (C=O) groups excluding carboxylic acids is 1. The Morgan fingerprint density at radius 3 is 2.76 bits per heavy atom. The minimum absolute atomic E-state index is 0.125. The van der Waals surface area contributed by atoms with Gasteiger partial charge in [-0.1, -0.05) is 20.8 Å². The Morgan fingerprint density at radius 2 is 2.14 bits per heavy atom. The van der Waals surface area contributed by atoms with Gasteiger partial charge in [-0.05, 0) is 36.0 Å². The van der Waals surface area contributed by atoms with E-state index in [2.05, 4.69) is 41.5 Å². The van der Waals surface area contributed by atoms with Gasteiger partial charge in [0.05, 0.1) is 12.4 Å². The standard InChI is InChI=1S/C15H23N5O/c1-14(2)9-4-5-15(3,6-9)13(14)19-12(21)10-7-17-8-11(18-10)20-16/h7-9,13H,4-6,16H2,1-3H3,(H,18,20)(H,19,21). The summed E-state index contributed by atoms with van der Waals surface area (Å²) in [7, 11) is 0. The van der Waals surface area contributed by atoms with E-state index in [0.717, 1.165) is 0 Å². The van der Waals surface area contributed by atoms with Crippen molar-refractivity contribution in [2.45, 2.75) is 46.1 Å². The normalized spacial score (nSPS) is 33.0. The lowest BCUT2D eigenvalue weighted by atomic mass is 9.68. The number of nitrogens with two attached hydrogens (primary N) is 1. The number of hydrogen-bond acceptors (Lipinski definition) is 5. The molecule has 6 heteroatoms.